The van der Waals surface area contributed by atoms with Crippen molar-refractivity contribution in [1.82, 2.24) is 5.32 Å². The van der Waals surface area contributed by atoms with Gasteiger partial charge in [-0.05, 0) is 83.3 Å². The molecular weight excluding hydrogens is 341 g/mol. The van der Waals surface area contributed by atoms with Crippen LogP contribution in [0.15, 0.2) is 18.2 Å². The van der Waals surface area contributed by atoms with Gasteiger partial charge in [-0.3, -0.25) is 4.79 Å². The first kappa shape index (κ1) is 18.8. The molecule has 1 saturated heterocycles. The largest absolute Gasteiger partial charge is 0.494 e. The van der Waals surface area contributed by atoms with Gasteiger partial charge < -0.3 is 19.4 Å². The molecule has 2 saturated carbocycles. The number of hydrogen-bond acceptors (Lipinski definition) is 4. The van der Waals surface area contributed by atoms with Crippen molar-refractivity contribution in [2.24, 2.45) is 5.92 Å². The van der Waals surface area contributed by atoms with Crippen LogP contribution in [0.2, 0.25) is 0 Å². The van der Waals surface area contributed by atoms with Crippen molar-refractivity contribution >= 4 is 18.5 Å². The highest BCUT2D eigenvalue weighted by Crippen LogP contribution is 2.37. The smallest absolute Gasteiger partial charge is 0.492 e. The van der Waals surface area contributed by atoms with Crippen LogP contribution in [-0.2, 0) is 9.31 Å². The third-order valence-electron chi connectivity index (χ3n) is 6.39. The van der Waals surface area contributed by atoms with Crippen molar-refractivity contribution < 1.29 is 18.8 Å². The fraction of sp³-hybridized carbons (Fsp3) is 0.667. The number of hydrogen-bond donors (Lipinski definition) is 1. The van der Waals surface area contributed by atoms with Crippen LogP contribution in [0.1, 0.15) is 70.2 Å². The molecule has 6 heteroatoms. The van der Waals surface area contributed by atoms with E-state index in [1.54, 1.807) is 0 Å². The number of amides is 1. The summed E-state index contributed by atoms with van der Waals surface area (Å²) in [5.41, 5.74) is 0.612. The topological polar surface area (TPSA) is 56.8 Å². The molecule has 3 aliphatic rings. The molecule has 0 unspecified atom stereocenters. The fourth-order valence-electron chi connectivity index (χ4n) is 3.28. The number of benzene rings is 1. The summed E-state index contributed by atoms with van der Waals surface area (Å²) in [5.74, 6) is 1.22. The molecule has 1 heterocycles. The molecule has 1 N–H and O–H groups in total. The molecular formula is C21H30BNO4. The van der Waals surface area contributed by atoms with Crippen LogP contribution in [0.5, 0.6) is 5.75 Å². The number of nitrogens with one attached hydrogen (secondary N) is 1. The second kappa shape index (κ2) is 6.82. The van der Waals surface area contributed by atoms with E-state index in [0.29, 0.717) is 23.8 Å². The van der Waals surface area contributed by atoms with E-state index >= 15 is 0 Å². The summed E-state index contributed by atoms with van der Waals surface area (Å²) in [7, 11) is -0.484. The normalized spacial score (nSPS) is 23.8. The molecule has 146 valence electrons. The molecule has 1 aliphatic heterocycles. The van der Waals surface area contributed by atoms with Crippen molar-refractivity contribution in [2.45, 2.75) is 77.0 Å². The lowest BCUT2D eigenvalue weighted by Crippen LogP contribution is -2.41. The van der Waals surface area contributed by atoms with Crippen LogP contribution in [0.4, 0.5) is 0 Å². The van der Waals surface area contributed by atoms with E-state index in [1.807, 2.05) is 45.9 Å². The van der Waals surface area contributed by atoms with E-state index < -0.39 is 18.3 Å². The van der Waals surface area contributed by atoms with E-state index in [0.717, 1.165) is 18.3 Å². The van der Waals surface area contributed by atoms with Crippen LogP contribution < -0.4 is 15.5 Å². The second-order valence-electron chi connectivity index (χ2n) is 9.20. The molecule has 0 bridgehead atoms. The van der Waals surface area contributed by atoms with Crippen molar-refractivity contribution in [3.8, 4) is 5.75 Å². The molecule has 1 amide bonds. The van der Waals surface area contributed by atoms with Gasteiger partial charge in [0.2, 0.25) is 0 Å². The molecule has 2 aliphatic carbocycles. The maximum atomic E-state index is 12.9. The maximum Gasteiger partial charge on any atom is 0.494 e. The maximum absolute atomic E-state index is 12.9. The van der Waals surface area contributed by atoms with Gasteiger partial charge in [-0.15, -0.1) is 0 Å². The third-order valence-corrected chi connectivity index (χ3v) is 6.39. The Kier molecular flexibility index (Phi) is 4.75. The predicted octanol–water partition coefficient (Wildman–Crippen LogP) is 3.06. The van der Waals surface area contributed by atoms with Crippen molar-refractivity contribution in [2.75, 3.05) is 6.61 Å². The van der Waals surface area contributed by atoms with Gasteiger partial charge in [-0.2, -0.15) is 0 Å². The van der Waals surface area contributed by atoms with Gasteiger partial charge in [-0.1, -0.05) is 6.07 Å². The minimum atomic E-state index is -0.484. The first-order valence-corrected chi connectivity index (χ1v) is 10.2. The molecule has 3 fully saturated rings. The molecule has 5 nitrogen and oxygen atoms in total. The fourth-order valence-corrected chi connectivity index (χ4v) is 3.28. The lowest BCUT2D eigenvalue weighted by atomic mass is 9.78. The molecule has 0 spiro atoms. The summed E-state index contributed by atoms with van der Waals surface area (Å²) in [4.78, 5) is 12.9. The quantitative estimate of drug-likeness (QED) is 0.781. The Morgan fingerprint density at radius 3 is 2.37 bits per heavy atom. The van der Waals surface area contributed by atoms with E-state index in [4.69, 9.17) is 14.0 Å². The average molecular weight is 371 g/mol. The van der Waals surface area contributed by atoms with E-state index in [2.05, 4.69) is 5.32 Å². The molecule has 1 aromatic carbocycles. The SMILES string of the molecule is CC1(C)OB(c2ccc(OCC3CC3)c(C(=O)NC3CCC3)c2)OC1(C)C. The van der Waals surface area contributed by atoms with Crippen molar-refractivity contribution in [3.05, 3.63) is 23.8 Å². The number of carbonyl (C=O) groups is 1. The first-order valence-electron chi connectivity index (χ1n) is 10.2. The Labute approximate surface area is 162 Å². The van der Waals surface area contributed by atoms with Gasteiger partial charge in [0.1, 0.15) is 5.75 Å². The molecule has 4 rings (SSSR count). The zero-order chi connectivity index (χ0) is 19.2. The monoisotopic (exact) mass is 371 g/mol. The molecule has 0 radical (unpaired) electrons. The summed E-state index contributed by atoms with van der Waals surface area (Å²) < 4.78 is 18.3. The Bertz CT molecular complexity index is 709. The summed E-state index contributed by atoms with van der Waals surface area (Å²) in [6.45, 7) is 8.81. The van der Waals surface area contributed by atoms with Crippen LogP contribution in [0, 0.1) is 5.92 Å². The summed E-state index contributed by atoms with van der Waals surface area (Å²) in [5, 5.41) is 3.13. The number of rotatable bonds is 6. The van der Waals surface area contributed by atoms with Crippen LogP contribution in [-0.4, -0.2) is 36.9 Å². The van der Waals surface area contributed by atoms with Gasteiger partial charge in [0.05, 0.1) is 23.4 Å². The van der Waals surface area contributed by atoms with E-state index in [1.165, 1.54) is 19.3 Å². The zero-order valence-corrected chi connectivity index (χ0v) is 16.8. The van der Waals surface area contributed by atoms with Gasteiger partial charge in [0, 0.05) is 6.04 Å². The lowest BCUT2D eigenvalue weighted by Gasteiger charge is -2.32. The Hall–Kier alpha value is -1.53. The Morgan fingerprint density at radius 1 is 1.15 bits per heavy atom. The lowest BCUT2D eigenvalue weighted by molar-refractivity contribution is 0.00578. The Balaban J connectivity index is 1.57. The molecule has 1 aromatic rings. The third kappa shape index (κ3) is 3.88. The summed E-state index contributed by atoms with van der Waals surface area (Å²) >= 11 is 0. The van der Waals surface area contributed by atoms with Gasteiger partial charge >= 0.3 is 7.12 Å². The molecule has 27 heavy (non-hydrogen) atoms. The summed E-state index contributed by atoms with van der Waals surface area (Å²) in [6.07, 6.45) is 5.73. The highest BCUT2D eigenvalue weighted by Gasteiger charge is 2.51. The second-order valence-corrected chi connectivity index (χ2v) is 9.20. The average Bonchev–Trinajstić information content (AvgIpc) is 3.35. The summed E-state index contributed by atoms with van der Waals surface area (Å²) in [6, 6.07) is 6.00. The van der Waals surface area contributed by atoms with Gasteiger partial charge in [0.15, 0.2) is 0 Å². The van der Waals surface area contributed by atoms with E-state index in [9.17, 15) is 4.79 Å². The predicted molar refractivity (Wildman–Crippen MR) is 105 cm³/mol. The highest BCUT2D eigenvalue weighted by molar-refractivity contribution is 6.62. The highest BCUT2D eigenvalue weighted by atomic mass is 16.7. The van der Waals surface area contributed by atoms with Gasteiger partial charge in [0.25, 0.3) is 5.91 Å². The molecule has 0 atom stereocenters. The number of ether oxygens (including phenoxy) is 1. The Morgan fingerprint density at radius 2 is 1.81 bits per heavy atom. The minimum Gasteiger partial charge on any atom is -0.492 e. The first-order chi connectivity index (χ1) is 12.7. The van der Waals surface area contributed by atoms with Crippen molar-refractivity contribution in [3.63, 3.8) is 0 Å². The van der Waals surface area contributed by atoms with Crippen molar-refractivity contribution in [1.29, 1.82) is 0 Å². The van der Waals surface area contributed by atoms with Crippen LogP contribution in [0.3, 0.4) is 0 Å². The standard InChI is InChI=1S/C21H30BNO4/c1-20(2)21(3,4)27-22(26-20)15-10-11-18(25-13-14-8-9-14)17(12-15)19(24)23-16-6-5-7-16/h10-12,14,16H,5-9,13H2,1-4H3,(H,23,24). The number of carbonyl (C=O) groups excluding carboxylic acids is 1. The minimum absolute atomic E-state index is 0.0659. The van der Waals surface area contributed by atoms with E-state index in [-0.39, 0.29) is 11.9 Å². The van der Waals surface area contributed by atoms with Crippen LogP contribution >= 0.6 is 0 Å². The van der Waals surface area contributed by atoms with Crippen LogP contribution in [0.25, 0.3) is 0 Å². The van der Waals surface area contributed by atoms with Gasteiger partial charge in [-0.25, -0.2) is 0 Å². The molecule has 0 aromatic heterocycles. The zero-order valence-electron chi connectivity index (χ0n) is 16.8.